The minimum atomic E-state index is 0.117. The molecule has 8 heteroatoms. The molecule has 7 nitrogen and oxygen atoms in total. The lowest BCUT2D eigenvalue weighted by Crippen LogP contribution is -2.38. The first-order valence-corrected chi connectivity index (χ1v) is 7.47. The van der Waals surface area contributed by atoms with Gasteiger partial charge in [0.15, 0.2) is 0 Å². The standard InChI is InChI=1S/C13H22ClN5O2/c1-9(2)10(8-20-3)15-12-16-11(14)17-13(18-12)19-4-6-21-7-5-19/h9-10H,4-8H2,1-3H3,(H,15,16,17,18). The van der Waals surface area contributed by atoms with Crippen LogP contribution in [-0.4, -0.2) is 61.0 Å². The average molecular weight is 316 g/mol. The van der Waals surface area contributed by atoms with Gasteiger partial charge in [-0.15, -0.1) is 0 Å². The van der Waals surface area contributed by atoms with Crippen molar-refractivity contribution in [1.29, 1.82) is 0 Å². The Morgan fingerprint density at radius 1 is 1.29 bits per heavy atom. The molecule has 1 aliphatic heterocycles. The van der Waals surface area contributed by atoms with Gasteiger partial charge >= 0.3 is 0 Å². The van der Waals surface area contributed by atoms with E-state index in [0.717, 1.165) is 13.1 Å². The van der Waals surface area contributed by atoms with Crippen molar-refractivity contribution >= 4 is 23.5 Å². The molecule has 0 aromatic carbocycles. The summed E-state index contributed by atoms with van der Waals surface area (Å²) in [4.78, 5) is 14.9. The highest BCUT2D eigenvalue weighted by molar-refractivity contribution is 6.28. The number of ether oxygens (including phenoxy) is 2. The van der Waals surface area contributed by atoms with Crippen molar-refractivity contribution < 1.29 is 9.47 Å². The van der Waals surface area contributed by atoms with E-state index in [9.17, 15) is 0 Å². The second-order valence-electron chi connectivity index (χ2n) is 5.28. The number of aromatic nitrogens is 3. The van der Waals surface area contributed by atoms with E-state index in [2.05, 4.69) is 34.1 Å². The number of halogens is 1. The second-order valence-corrected chi connectivity index (χ2v) is 5.62. The molecule has 1 atom stereocenters. The Kier molecular flexibility index (Phi) is 5.96. The zero-order valence-electron chi connectivity index (χ0n) is 12.7. The second kappa shape index (κ2) is 7.72. The van der Waals surface area contributed by atoms with Crippen molar-refractivity contribution in [2.24, 2.45) is 5.92 Å². The molecule has 0 spiro atoms. The molecule has 1 N–H and O–H groups in total. The van der Waals surface area contributed by atoms with Crippen LogP contribution in [0.2, 0.25) is 5.28 Å². The van der Waals surface area contributed by atoms with Crippen LogP contribution >= 0.6 is 11.6 Å². The molecule has 1 aromatic rings. The van der Waals surface area contributed by atoms with Crippen LogP contribution in [0.4, 0.5) is 11.9 Å². The van der Waals surface area contributed by atoms with E-state index in [1.807, 2.05) is 4.90 Å². The van der Waals surface area contributed by atoms with Crippen molar-refractivity contribution in [2.75, 3.05) is 50.2 Å². The van der Waals surface area contributed by atoms with Gasteiger partial charge in [0.1, 0.15) is 0 Å². The Hall–Kier alpha value is -1.18. The highest BCUT2D eigenvalue weighted by atomic mass is 35.5. The highest BCUT2D eigenvalue weighted by Crippen LogP contribution is 2.17. The smallest absolute Gasteiger partial charge is 0.231 e. The van der Waals surface area contributed by atoms with Crippen LogP contribution in [0.5, 0.6) is 0 Å². The summed E-state index contributed by atoms with van der Waals surface area (Å²) in [7, 11) is 1.68. The van der Waals surface area contributed by atoms with E-state index in [-0.39, 0.29) is 11.3 Å². The summed E-state index contributed by atoms with van der Waals surface area (Å²) in [6, 6.07) is 0.117. The van der Waals surface area contributed by atoms with Gasteiger partial charge in [0.05, 0.1) is 25.9 Å². The molecule has 0 amide bonds. The Morgan fingerprint density at radius 2 is 2.00 bits per heavy atom. The molecule has 21 heavy (non-hydrogen) atoms. The molecule has 1 unspecified atom stereocenters. The summed E-state index contributed by atoms with van der Waals surface area (Å²) in [5.74, 6) is 1.44. The number of anilines is 2. The lowest BCUT2D eigenvalue weighted by atomic mass is 10.1. The minimum Gasteiger partial charge on any atom is -0.383 e. The predicted molar refractivity (Wildman–Crippen MR) is 82.0 cm³/mol. The molecule has 0 radical (unpaired) electrons. The van der Waals surface area contributed by atoms with Gasteiger partial charge in [0.2, 0.25) is 17.2 Å². The number of methoxy groups -OCH3 is 1. The molecule has 0 bridgehead atoms. The van der Waals surface area contributed by atoms with Gasteiger partial charge in [0.25, 0.3) is 0 Å². The number of hydrogen-bond acceptors (Lipinski definition) is 7. The van der Waals surface area contributed by atoms with Crippen molar-refractivity contribution in [3.05, 3.63) is 5.28 Å². The number of nitrogens with zero attached hydrogens (tertiary/aromatic N) is 4. The maximum atomic E-state index is 6.02. The van der Waals surface area contributed by atoms with Crippen molar-refractivity contribution in [1.82, 2.24) is 15.0 Å². The van der Waals surface area contributed by atoms with Crippen LogP contribution in [-0.2, 0) is 9.47 Å². The minimum absolute atomic E-state index is 0.117. The lowest BCUT2D eigenvalue weighted by molar-refractivity contribution is 0.122. The number of morpholine rings is 1. The summed E-state index contributed by atoms with van der Waals surface area (Å²) in [5, 5.41) is 3.46. The molecule has 1 fully saturated rings. The Morgan fingerprint density at radius 3 is 2.62 bits per heavy atom. The Bertz CT molecular complexity index is 454. The fourth-order valence-electron chi connectivity index (χ4n) is 2.06. The quantitative estimate of drug-likeness (QED) is 0.851. The summed E-state index contributed by atoms with van der Waals surface area (Å²) >= 11 is 6.02. The maximum absolute atomic E-state index is 6.02. The highest BCUT2D eigenvalue weighted by Gasteiger charge is 2.19. The topological polar surface area (TPSA) is 72.4 Å². The zero-order valence-corrected chi connectivity index (χ0v) is 13.4. The van der Waals surface area contributed by atoms with E-state index in [1.54, 1.807) is 7.11 Å². The van der Waals surface area contributed by atoms with E-state index in [4.69, 9.17) is 21.1 Å². The van der Waals surface area contributed by atoms with E-state index in [0.29, 0.717) is 37.6 Å². The molecule has 2 heterocycles. The van der Waals surface area contributed by atoms with Crippen LogP contribution in [0.25, 0.3) is 0 Å². The fourth-order valence-corrected chi connectivity index (χ4v) is 2.21. The first-order chi connectivity index (χ1) is 10.1. The van der Waals surface area contributed by atoms with E-state index < -0.39 is 0 Å². The third kappa shape index (κ3) is 4.66. The molecule has 1 aromatic heterocycles. The van der Waals surface area contributed by atoms with Gasteiger partial charge in [-0.05, 0) is 17.5 Å². The summed E-state index contributed by atoms with van der Waals surface area (Å²) in [6.45, 7) is 7.66. The van der Waals surface area contributed by atoms with Crippen molar-refractivity contribution in [2.45, 2.75) is 19.9 Å². The maximum Gasteiger partial charge on any atom is 0.231 e. The zero-order chi connectivity index (χ0) is 15.2. The molecule has 1 aliphatic rings. The molecule has 1 saturated heterocycles. The molecule has 0 aliphatic carbocycles. The number of rotatable bonds is 6. The van der Waals surface area contributed by atoms with Crippen molar-refractivity contribution in [3.8, 4) is 0 Å². The van der Waals surface area contributed by atoms with Crippen LogP contribution < -0.4 is 10.2 Å². The van der Waals surface area contributed by atoms with Gasteiger partial charge in [0, 0.05) is 20.2 Å². The van der Waals surface area contributed by atoms with Crippen LogP contribution in [0.3, 0.4) is 0 Å². The van der Waals surface area contributed by atoms with E-state index >= 15 is 0 Å². The molecule has 118 valence electrons. The van der Waals surface area contributed by atoms with Crippen molar-refractivity contribution in [3.63, 3.8) is 0 Å². The van der Waals surface area contributed by atoms with Gasteiger partial charge in [-0.3, -0.25) is 0 Å². The number of hydrogen-bond donors (Lipinski definition) is 1. The average Bonchev–Trinajstić information content (AvgIpc) is 2.47. The number of nitrogens with one attached hydrogen (secondary N) is 1. The predicted octanol–water partition coefficient (Wildman–Crippen LogP) is 1.44. The monoisotopic (exact) mass is 315 g/mol. The normalized spacial score (nSPS) is 17.1. The SMILES string of the molecule is COCC(Nc1nc(Cl)nc(N2CCOCC2)n1)C(C)C. The summed E-state index contributed by atoms with van der Waals surface area (Å²) in [5.41, 5.74) is 0. The Balaban J connectivity index is 2.13. The first-order valence-electron chi connectivity index (χ1n) is 7.10. The summed E-state index contributed by atoms with van der Waals surface area (Å²) in [6.07, 6.45) is 0. The lowest BCUT2D eigenvalue weighted by Gasteiger charge is -2.27. The van der Waals surface area contributed by atoms with Crippen LogP contribution in [0, 0.1) is 5.92 Å². The molecule has 0 saturated carbocycles. The first kappa shape index (κ1) is 16.2. The van der Waals surface area contributed by atoms with Gasteiger partial charge in [-0.25, -0.2) is 0 Å². The van der Waals surface area contributed by atoms with Gasteiger partial charge < -0.3 is 19.7 Å². The van der Waals surface area contributed by atoms with E-state index in [1.165, 1.54) is 0 Å². The molecular formula is C13H22ClN5O2. The largest absolute Gasteiger partial charge is 0.383 e. The third-order valence-corrected chi connectivity index (χ3v) is 3.52. The van der Waals surface area contributed by atoms with Gasteiger partial charge in [-0.1, -0.05) is 13.8 Å². The third-order valence-electron chi connectivity index (χ3n) is 3.36. The van der Waals surface area contributed by atoms with Gasteiger partial charge in [-0.2, -0.15) is 15.0 Å². The molecule has 2 rings (SSSR count). The van der Waals surface area contributed by atoms with Crippen LogP contribution in [0.15, 0.2) is 0 Å². The molecular weight excluding hydrogens is 294 g/mol. The van der Waals surface area contributed by atoms with Crippen LogP contribution in [0.1, 0.15) is 13.8 Å². The fraction of sp³-hybridized carbons (Fsp3) is 0.769. The Labute approximate surface area is 130 Å². The summed E-state index contributed by atoms with van der Waals surface area (Å²) < 4.78 is 10.6.